The highest BCUT2D eigenvalue weighted by Crippen LogP contribution is 2.29. The van der Waals surface area contributed by atoms with Crippen molar-refractivity contribution < 1.29 is 4.74 Å². The van der Waals surface area contributed by atoms with E-state index < -0.39 is 0 Å². The minimum atomic E-state index is -0.153. The minimum Gasteiger partial charge on any atom is -0.497 e. The molecule has 1 atom stereocenters. The maximum absolute atomic E-state index is 5.98. The molecule has 0 aromatic heterocycles. The number of rotatable bonds is 3. The molecule has 0 saturated carbocycles. The van der Waals surface area contributed by atoms with E-state index in [1.165, 1.54) is 0 Å². The number of ether oxygens (including phenoxy) is 1. The fourth-order valence-electron chi connectivity index (χ4n) is 1.15. The topological polar surface area (TPSA) is 35.2 Å². The van der Waals surface area contributed by atoms with Gasteiger partial charge in [0.2, 0.25) is 0 Å². The molecule has 1 rings (SSSR count). The number of nitrogens with two attached hydrogens (primary N) is 1. The molecular formula is C11H14BrNO. The lowest BCUT2D eigenvalue weighted by molar-refractivity contribution is 0.414. The predicted molar refractivity (Wildman–Crippen MR) is 62.4 cm³/mol. The summed E-state index contributed by atoms with van der Waals surface area (Å²) >= 11 is 3.45. The van der Waals surface area contributed by atoms with Crippen LogP contribution in [0.2, 0.25) is 0 Å². The molecule has 0 aliphatic rings. The van der Waals surface area contributed by atoms with E-state index in [4.69, 9.17) is 10.5 Å². The summed E-state index contributed by atoms with van der Waals surface area (Å²) in [6.45, 7) is 5.75. The van der Waals surface area contributed by atoms with Crippen molar-refractivity contribution in [2.45, 2.75) is 13.0 Å². The second-order valence-corrected chi connectivity index (χ2v) is 4.07. The van der Waals surface area contributed by atoms with E-state index in [0.717, 1.165) is 21.4 Å². The van der Waals surface area contributed by atoms with Crippen LogP contribution >= 0.6 is 15.9 Å². The van der Waals surface area contributed by atoms with Gasteiger partial charge in [-0.3, -0.25) is 0 Å². The second kappa shape index (κ2) is 4.62. The third kappa shape index (κ3) is 2.36. The first kappa shape index (κ1) is 11.3. The van der Waals surface area contributed by atoms with E-state index in [2.05, 4.69) is 22.5 Å². The van der Waals surface area contributed by atoms with E-state index in [1.54, 1.807) is 7.11 Å². The smallest absolute Gasteiger partial charge is 0.119 e. The number of hydrogen-bond acceptors (Lipinski definition) is 2. The highest BCUT2D eigenvalue weighted by molar-refractivity contribution is 9.10. The van der Waals surface area contributed by atoms with Crippen molar-refractivity contribution in [1.82, 2.24) is 0 Å². The van der Waals surface area contributed by atoms with Crippen molar-refractivity contribution in [3.63, 3.8) is 0 Å². The van der Waals surface area contributed by atoms with Gasteiger partial charge in [-0.25, -0.2) is 0 Å². The predicted octanol–water partition coefficient (Wildman–Crippen LogP) is 3.03. The molecule has 1 unspecified atom stereocenters. The van der Waals surface area contributed by atoms with Crippen LogP contribution in [0.1, 0.15) is 18.5 Å². The quantitative estimate of drug-likeness (QED) is 0.843. The molecule has 2 N–H and O–H groups in total. The largest absolute Gasteiger partial charge is 0.497 e. The summed E-state index contributed by atoms with van der Waals surface area (Å²) in [5.74, 6) is 0.805. The Morgan fingerprint density at radius 3 is 2.71 bits per heavy atom. The summed E-state index contributed by atoms with van der Waals surface area (Å²) in [7, 11) is 1.64. The minimum absolute atomic E-state index is 0.153. The molecule has 3 heteroatoms. The van der Waals surface area contributed by atoms with Crippen molar-refractivity contribution in [3.05, 3.63) is 40.4 Å². The van der Waals surface area contributed by atoms with Gasteiger partial charge in [0.15, 0.2) is 0 Å². The Morgan fingerprint density at radius 2 is 2.21 bits per heavy atom. The van der Waals surface area contributed by atoms with Gasteiger partial charge in [-0.1, -0.05) is 28.1 Å². The van der Waals surface area contributed by atoms with E-state index in [-0.39, 0.29) is 6.04 Å². The zero-order valence-corrected chi connectivity index (χ0v) is 9.97. The summed E-state index contributed by atoms with van der Waals surface area (Å²) in [6.07, 6.45) is 0. The monoisotopic (exact) mass is 255 g/mol. The van der Waals surface area contributed by atoms with Crippen LogP contribution in [0.15, 0.2) is 34.8 Å². The second-order valence-electron chi connectivity index (χ2n) is 3.21. The molecule has 0 aliphatic carbocycles. The van der Waals surface area contributed by atoms with Crippen LogP contribution < -0.4 is 10.5 Å². The first-order valence-electron chi connectivity index (χ1n) is 4.30. The van der Waals surface area contributed by atoms with Gasteiger partial charge < -0.3 is 10.5 Å². The average molecular weight is 256 g/mol. The molecule has 0 bridgehead atoms. The van der Waals surface area contributed by atoms with Crippen molar-refractivity contribution in [2.75, 3.05) is 7.11 Å². The third-order valence-electron chi connectivity index (χ3n) is 2.07. The fourth-order valence-corrected chi connectivity index (χ4v) is 1.65. The first-order chi connectivity index (χ1) is 6.56. The van der Waals surface area contributed by atoms with Gasteiger partial charge in [0.05, 0.1) is 13.2 Å². The molecule has 1 aromatic carbocycles. The van der Waals surface area contributed by atoms with E-state index in [9.17, 15) is 0 Å². The van der Waals surface area contributed by atoms with E-state index in [0.29, 0.717) is 0 Å². The van der Waals surface area contributed by atoms with E-state index >= 15 is 0 Å². The average Bonchev–Trinajstić information content (AvgIpc) is 2.17. The van der Waals surface area contributed by atoms with Crippen molar-refractivity contribution >= 4 is 15.9 Å². The fraction of sp³-hybridized carbons (Fsp3) is 0.273. The van der Waals surface area contributed by atoms with Crippen LogP contribution in [0.25, 0.3) is 0 Å². The van der Waals surface area contributed by atoms with Gasteiger partial charge >= 0.3 is 0 Å². The van der Waals surface area contributed by atoms with Crippen LogP contribution in [-0.4, -0.2) is 7.11 Å². The van der Waals surface area contributed by atoms with Gasteiger partial charge in [0.25, 0.3) is 0 Å². The Labute approximate surface area is 92.9 Å². The molecule has 0 fully saturated rings. The molecule has 76 valence electrons. The van der Waals surface area contributed by atoms with E-state index in [1.807, 2.05) is 25.1 Å². The molecule has 0 saturated heterocycles. The molecule has 1 aromatic rings. The van der Waals surface area contributed by atoms with Gasteiger partial charge in [0.1, 0.15) is 5.75 Å². The molecule has 0 spiro atoms. The molecule has 0 aliphatic heterocycles. The summed E-state index contributed by atoms with van der Waals surface area (Å²) in [6, 6.07) is 5.58. The summed E-state index contributed by atoms with van der Waals surface area (Å²) < 4.78 is 6.11. The SMILES string of the molecule is C=C(C)C(N)c1cc(OC)ccc1Br. The molecule has 2 nitrogen and oxygen atoms in total. The van der Waals surface area contributed by atoms with Crippen LogP contribution in [0.4, 0.5) is 0 Å². The van der Waals surface area contributed by atoms with Crippen molar-refractivity contribution in [2.24, 2.45) is 5.73 Å². The lowest BCUT2D eigenvalue weighted by Gasteiger charge is -2.14. The van der Waals surface area contributed by atoms with Crippen LogP contribution in [0.5, 0.6) is 5.75 Å². The Hall–Kier alpha value is -0.800. The third-order valence-corrected chi connectivity index (χ3v) is 2.79. The van der Waals surface area contributed by atoms with Crippen LogP contribution in [0, 0.1) is 0 Å². The van der Waals surface area contributed by atoms with Crippen LogP contribution in [-0.2, 0) is 0 Å². The highest BCUT2D eigenvalue weighted by atomic mass is 79.9. The Morgan fingerprint density at radius 1 is 1.57 bits per heavy atom. The van der Waals surface area contributed by atoms with Gasteiger partial charge in [-0.15, -0.1) is 0 Å². The number of hydrogen-bond donors (Lipinski definition) is 1. The Bertz CT molecular complexity index is 349. The molecule has 14 heavy (non-hydrogen) atoms. The lowest BCUT2D eigenvalue weighted by atomic mass is 10.0. The zero-order valence-electron chi connectivity index (χ0n) is 8.38. The van der Waals surface area contributed by atoms with Crippen molar-refractivity contribution in [1.29, 1.82) is 0 Å². The van der Waals surface area contributed by atoms with Gasteiger partial charge in [-0.2, -0.15) is 0 Å². The molecule has 0 radical (unpaired) electrons. The summed E-state index contributed by atoms with van der Waals surface area (Å²) in [4.78, 5) is 0. The first-order valence-corrected chi connectivity index (χ1v) is 5.10. The Balaban J connectivity index is 3.11. The standard InChI is InChI=1S/C11H14BrNO/c1-7(2)11(13)9-6-8(14-3)4-5-10(9)12/h4-6,11H,1,13H2,2-3H3. The van der Waals surface area contributed by atoms with Gasteiger partial charge in [-0.05, 0) is 30.7 Å². The molecular weight excluding hydrogens is 242 g/mol. The number of methoxy groups -OCH3 is 1. The summed E-state index contributed by atoms with van der Waals surface area (Å²) in [5, 5.41) is 0. The molecule has 0 amide bonds. The maximum atomic E-state index is 5.98. The van der Waals surface area contributed by atoms with Crippen molar-refractivity contribution in [3.8, 4) is 5.75 Å². The normalized spacial score (nSPS) is 12.3. The summed E-state index contributed by atoms with van der Waals surface area (Å²) in [5.41, 5.74) is 7.90. The van der Waals surface area contributed by atoms with Crippen LogP contribution in [0.3, 0.4) is 0 Å². The maximum Gasteiger partial charge on any atom is 0.119 e. The molecule has 0 heterocycles. The zero-order chi connectivity index (χ0) is 10.7. The lowest BCUT2D eigenvalue weighted by Crippen LogP contribution is -2.11. The Kier molecular flexibility index (Phi) is 3.72. The van der Waals surface area contributed by atoms with Gasteiger partial charge in [0, 0.05) is 4.47 Å². The number of halogens is 1. The number of benzene rings is 1. The highest BCUT2D eigenvalue weighted by Gasteiger charge is 2.11.